The first-order valence-electron chi connectivity index (χ1n) is 5.71. The molecule has 6 heteroatoms. The Morgan fingerprint density at radius 2 is 2.33 bits per heavy atom. The molecular weight excluding hydrogens is 259 g/mol. The molecule has 0 aromatic heterocycles. The minimum absolute atomic E-state index is 0.0347. The van der Waals surface area contributed by atoms with E-state index in [0.29, 0.717) is 18.5 Å². The molecular formula is C12H14ClFN2O2. The number of carboxylic acid groups (broad SMARTS) is 1. The molecule has 0 bridgehead atoms. The zero-order valence-corrected chi connectivity index (χ0v) is 10.4. The predicted molar refractivity (Wildman–Crippen MR) is 66.1 cm³/mol. The Balaban J connectivity index is 2.22. The molecule has 1 saturated heterocycles. The molecule has 1 aromatic rings. The number of hydrogen-bond acceptors (Lipinski definition) is 2. The Labute approximate surface area is 109 Å². The Bertz CT molecular complexity index is 469. The van der Waals surface area contributed by atoms with E-state index in [1.165, 1.54) is 17.0 Å². The third-order valence-electron chi connectivity index (χ3n) is 3.29. The molecule has 1 aromatic carbocycles. The van der Waals surface area contributed by atoms with Gasteiger partial charge in [0.15, 0.2) is 0 Å². The quantitative estimate of drug-likeness (QED) is 0.870. The topological polar surface area (TPSA) is 66.6 Å². The van der Waals surface area contributed by atoms with E-state index < -0.39 is 18.0 Å². The molecule has 2 atom stereocenters. The summed E-state index contributed by atoms with van der Waals surface area (Å²) in [4.78, 5) is 12.4. The molecule has 1 heterocycles. The number of likely N-dealkylation sites (tertiary alicyclic amines) is 1. The molecule has 1 aliphatic heterocycles. The third kappa shape index (κ3) is 2.42. The number of halogens is 2. The van der Waals surface area contributed by atoms with Gasteiger partial charge in [-0.05, 0) is 30.5 Å². The second-order valence-corrected chi connectivity index (χ2v) is 4.79. The number of amides is 1. The van der Waals surface area contributed by atoms with Gasteiger partial charge in [-0.1, -0.05) is 17.7 Å². The van der Waals surface area contributed by atoms with Crippen molar-refractivity contribution in [3.63, 3.8) is 0 Å². The minimum atomic E-state index is -0.984. The summed E-state index contributed by atoms with van der Waals surface area (Å²) in [6, 6.07) is 3.50. The molecule has 0 saturated carbocycles. The number of hydrogen-bond donors (Lipinski definition) is 2. The van der Waals surface area contributed by atoms with Gasteiger partial charge < -0.3 is 15.7 Å². The fourth-order valence-electron chi connectivity index (χ4n) is 2.35. The standard InChI is InChI=1S/C12H14ClFN2O2/c13-8-4-3-7(6-9(8)14)11(15)10-2-1-5-16(10)12(17)18/h3-4,6,10-11H,1-2,5,15H2,(H,17,18)/t10?,11-/m0/s1. The fraction of sp³-hybridized carbons (Fsp3) is 0.417. The van der Waals surface area contributed by atoms with E-state index in [0.717, 1.165) is 6.42 Å². The highest BCUT2D eigenvalue weighted by Crippen LogP contribution is 2.29. The molecule has 3 N–H and O–H groups in total. The molecule has 1 fully saturated rings. The molecule has 4 nitrogen and oxygen atoms in total. The lowest BCUT2D eigenvalue weighted by Gasteiger charge is -2.27. The zero-order chi connectivity index (χ0) is 13.3. The molecule has 1 aliphatic rings. The van der Waals surface area contributed by atoms with Crippen molar-refractivity contribution in [1.82, 2.24) is 4.90 Å². The van der Waals surface area contributed by atoms with Crippen LogP contribution >= 0.6 is 11.6 Å². The zero-order valence-electron chi connectivity index (χ0n) is 9.64. The highest BCUT2D eigenvalue weighted by atomic mass is 35.5. The maximum Gasteiger partial charge on any atom is 0.407 e. The number of benzene rings is 1. The number of carbonyl (C=O) groups is 1. The molecule has 0 radical (unpaired) electrons. The van der Waals surface area contributed by atoms with Crippen LogP contribution < -0.4 is 5.73 Å². The van der Waals surface area contributed by atoms with Gasteiger partial charge in [0.25, 0.3) is 0 Å². The van der Waals surface area contributed by atoms with E-state index in [2.05, 4.69) is 0 Å². The minimum Gasteiger partial charge on any atom is -0.465 e. The van der Waals surface area contributed by atoms with Gasteiger partial charge in [0.05, 0.1) is 17.1 Å². The van der Waals surface area contributed by atoms with Crippen LogP contribution in [0.25, 0.3) is 0 Å². The van der Waals surface area contributed by atoms with Crippen molar-refractivity contribution in [2.75, 3.05) is 6.54 Å². The van der Waals surface area contributed by atoms with Gasteiger partial charge in [0.1, 0.15) is 5.82 Å². The summed E-state index contributed by atoms with van der Waals surface area (Å²) in [5.74, 6) is -0.538. The average molecular weight is 273 g/mol. The van der Waals surface area contributed by atoms with Gasteiger partial charge in [-0.15, -0.1) is 0 Å². The van der Waals surface area contributed by atoms with Gasteiger partial charge in [-0.2, -0.15) is 0 Å². The van der Waals surface area contributed by atoms with Crippen molar-refractivity contribution in [2.24, 2.45) is 5.73 Å². The van der Waals surface area contributed by atoms with Crippen molar-refractivity contribution >= 4 is 17.7 Å². The largest absolute Gasteiger partial charge is 0.465 e. The molecule has 2 rings (SSSR count). The van der Waals surface area contributed by atoms with Crippen LogP contribution in [0.1, 0.15) is 24.4 Å². The van der Waals surface area contributed by atoms with E-state index in [1.54, 1.807) is 6.07 Å². The van der Waals surface area contributed by atoms with Crippen LogP contribution in [-0.4, -0.2) is 28.7 Å². The first kappa shape index (κ1) is 13.1. The Morgan fingerprint density at radius 1 is 1.61 bits per heavy atom. The number of nitrogens with two attached hydrogens (primary N) is 1. The molecule has 1 unspecified atom stereocenters. The lowest BCUT2D eigenvalue weighted by molar-refractivity contribution is 0.134. The van der Waals surface area contributed by atoms with Gasteiger partial charge in [-0.3, -0.25) is 0 Å². The van der Waals surface area contributed by atoms with E-state index >= 15 is 0 Å². The second-order valence-electron chi connectivity index (χ2n) is 4.38. The van der Waals surface area contributed by atoms with Crippen LogP contribution in [-0.2, 0) is 0 Å². The summed E-state index contributed by atoms with van der Waals surface area (Å²) in [6.45, 7) is 0.476. The van der Waals surface area contributed by atoms with Crippen LogP contribution in [0.5, 0.6) is 0 Å². The maximum absolute atomic E-state index is 13.4. The summed E-state index contributed by atoms with van der Waals surface area (Å²) in [7, 11) is 0. The smallest absolute Gasteiger partial charge is 0.407 e. The lowest BCUT2D eigenvalue weighted by atomic mass is 9.98. The molecule has 18 heavy (non-hydrogen) atoms. The molecule has 98 valence electrons. The molecule has 0 spiro atoms. The number of rotatable bonds is 2. The lowest BCUT2D eigenvalue weighted by Crippen LogP contribution is -2.41. The van der Waals surface area contributed by atoms with Crippen LogP contribution in [0.4, 0.5) is 9.18 Å². The van der Waals surface area contributed by atoms with Gasteiger partial charge in [-0.25, -0.2) is 9.18 Å². The van der Waals surface area contributed by atoms with Crippen LogP contribution in [0.3, 0.4) is 0 Å². The van der Waals surface area contributed by atoms with E-state index in [-0.39, 0.29) is 11.1 Å². The van der Waals surface area contributed by atoms with Gasteiger partial charge in [0, 0.05) is 6.54 Å². The van der Waals surface area contributed by atoms with E-state index in [1.807, 2.05) is 0 Å². The Kier molecular flexibility index (Phi) is 3.73. The monoisotopic (exact) mass is 272 g/mol. The summed E-state index contributed by atoms with van der Waals surface area (Å²) in [5.41, 5.74) is 6.60. The van der Waals surface area contributed by atoms with E-state index in [9.17, 15) is 9.18 Å². The average Bonchev–Trinajstić information content (AvgIpc) is 2.81. The van der Waals surface area contributed by atoms with E-state index in [4.69, 9.17) is 22.4 Å². The predicted octanol–water partition coefficient (Wildman–Crippen LogP) is 2.62. The van der Waals surface area contributed by atoms with Crippen molar-refractivity contribution in [3.8, 4) is 0 Å². The van der Waals surface area contributed by atoms with Crippen molar-refractivity contribution < 1.29 is 14.3 Å². The summed E-state index contributed by atoms with van der Waals surface area (Å²) < 4.78 is 13.4. The van der Waals surface area contributed by atoms with Gasteiger partial charge >= 0.3 is 6.09 Å². The highest BCUT2D eigenvalue weighted by Gasteiger charge is 2.33. The first-order valence-corrected chi connectivity index (χ1v) is 6.08. The maximum atomic E-state index is 13.4. The Morgan fingerprint density at radius 3 is 2.94 bits per heavy atom. The summed E-state index contributed by atoms with van der Waals surface area (Å²) in [6.07, 6.45) is 0.487. The SMILES string of the molecule is N[C@@H](c1ccc(Cl)c(F)c1)C1CCCN1C(=O)O. The van der Waals surface area contributed by atoms with Crippen LogP contribution in [0.2, 0.25) is 5.02 Å². The van der Waals surface area contributed by atoms with Crippen LogP contribution in [0, 0.1) is 5.82 Å². The summed E-state index contributed by atoms with van der Waals surface area (Å²) >= 11 is 5.60. The van der Waals surface area contributed by atoms with Crippen LogP contribution in [0.15, 0.2) is 18.2 Å². The van der Waals surface area contributed by atoms with Gasteiger partial charge in [0.2, 0.25) is 0 Å². The molecule has 1 amide bonds. The van der Waals surface area contributed by atoms with Crippen molar-refractivity contribution in [3.05, 3.63) is 34.6 Å². The summed E-state index contributed by atoms with van der Waals surface area (Å²) in [5, 5.41) is 9.09. The fourth-order valence-corrected chi connectivity index (χ4v) is 2.46. The third-order valence-corrected chi connectivity index (χ3v) is 3.59. The van der Waals surface area contributed by atoms with Crippen molar-refractivity contribution in [1.29, 1.82) is 0 Å². The normalized spacial score (nSPS) is 21.1. The van der Waals surface area contributed by atoms with Crippen molar-refractivity contribution in [2.45, 2.75) is 24.9 Å². The Hall–Kier alpha value is -1.33. The highest BCUT2D eigenvalue weighted by molar-refractivity contribution is 6.30. The second kappa shape index (κ2) is 5.12. The number of nitrogens with zero attached hydrogens (tertiary/aromatic N) is 1. The first-order chi connectivity index (χ1) is 8.50. The molecule has 0 aliphatic carbocycles.